The smallest absolute Gasteiger partial charge is 0.165 e. The molecular formula is C13H12ClN5O. The lowest BCUT2D eigenvalue weighted by atomic mass is 10.3. The predicted octanol–water partition coefficient (Wildman–Crippen LogP) is 2.14. The summed E-state index contributed by atoms with van der Waals surface area (Å²) in [5, 5.41) is 0.685. The third-order valence-electron chi connectivity index (χ3n) is 2.84. The van der Waals surface area contributed by atoms with Crippen LogP contribution in [0.2, 0.25) is 5.02 Å². The molecule has 0 bridgehead atoms. The lowest BCUT2D eigenvalue weighted by Gasteiger charge is -2.07. The molecule has 7 heteroatoms. The van der Waals surface area contributed by atoms with Crippen LogP contribution in [0.15, 0.2) is 36.9 Å². The van der Waals surface area contributed by atoms with Gasteiger partial charge in [0.1, 0.15) is 24.2 Å². The normalized spacial score (nSPS) is 10.8. The zero-order chi connectivity index (χ0) is 13.9. The van der Waals surface area contributed by atoms with E-state index < -0.39 is 0 Å². The molecule has 0 unspecified atom stereocenters. The quantitative estimate of drug-likeness (QED) is 0.796. The number of aromatic nitrogens is 4. The number of nitrogen functional groups attached to an aromatic ring is 1. The molecule has 0 atom stereocenters. The van der Waals surface area contributed by atoms with Crippen LogP contribution in [0.5, 0.6) is 5.75 Å². The fraction of sp³-hybridized carbons (Fsp3) is 0.154. The number of nitrogens with two attached hydrogens (primary N) is 1. The molecule has 0 saturated carbocycles. The average Bonchev–Trinajstić information content (AvgIpc) is 2.86. The second kappa shape index (κ2) is 5.34. The number of ether oxygens (including phenoxy) is 1. The topological polar surface area (TPSA) is 78.9 Å². The maximum atomic E-state index is 5.81. The Bertz CT molecular complexity index is 725. The van der Waals surface area contributed by atoms with Crippen molar-refractivity contribution in [2.45, 2.75) is 6.54 Å². The Morgan fingerprint density at radius 2 is 1.95 bits per heavy atom. The Hall–Kier alpha value is -2.34. The third-order valence-corrected chi connectivity index (χ3v) is 3.10. The Balaban J connectivity index is 1.68. The second-order valence-corrected chi connectivity index (χ2v) is 4.61. The molecule has 6 nitrogen and oxygen atoms in total. The number of fused-ring (bicyclic) bond motifs is 1. The summed E-state index contributed by atoms with van der Waals surface area (Å²) < 4.78 is 7.51. The van der Waals surface area contributed by atoms with Gasteiger partial charge in [-0.1, -0.05) is 11.6 Å². The number of imidazole rings is 1. The lowest BCUT2D eigenvalue weighted by Crippen LogP contribution is -2.08. The van der Waals surface area contributed by atoms with Crippen LogP contribution in [0.25, 0.3) is 11.2 Å². The van der Waals surface area contributed by atoms with Crippen molar-refractivity contribution >= 4 is 28.6 Å². The van der Waals surface area contributed by atoms with Gasteiger partial charge in [-0.05, 0) is 24.3 Å². The summed E-state index contributed by atoms with van der Waals surface area (Å²) in [7, 11) is 0. The summed E-state index contributed by atoms with van der Waals surface area (Å²) in [6, 6.07) is 7.23. The van der Waals surface area contributed by atoms with Gasteiger partial charge in [0.05, 0.1) is 12.9 Å². The van der Waals surface area contributed by atoms with Gasteiger partial charge in [-0.15, -0.1) is 0 Å². The third kappa shape index (κ3) is 2.50. The molecule has 2 aromatic heterocycles. The SMILES string of the molecule is Nc1ncnc2c1ncn2CCOc1ccc(Cl)cc1. The molecule has 102 valence electrons. The number of benzene rings is 1. The van der Waals surface area contributed by atoms with Gasteiger partial charge >= 0.3 is 0 Å². The summed E-state index contributed by atoms with van der Waals surface area (Å²) in [5.41, 5.74) is 7.05. The molecule has 20 heavy (non-hydrogen) atoms. The minimum absolute atomic E-state index is 0.382. The van der Waals surface area contributed by atoms with Crippen molar-refractivity contribution in [3.05, 3.63) is 41.9 Å². The van der Waals surface area contributed by atoms with Crippen molar-refractivity contribution in [2.24, 2.45) is 0 Å². The van der Waals surface area contributed by atoms with Crippen molar-refractivity contribution in [2.75, 3.05) is 12.3 Å². The Kier molecular flexibility index (Phi) is 3.39. The molecule has 0 fully saturated rings. The highest BCUT2D eigenvalue weighted by Crippen LogP contribution is 2.16. The van der Waals surface area contributed by atoms with Crippen molar-refractivity contribution < 1.29 is 4.74 Å². The number of hydrogen-bond acceptors (Lipinski definition) is 5. The Labute approximate surface area is 120 Å². The zero-order valence-electron chi connectivity index (χ0n) is 10.5. The molecule has 2 heterocycles. The van der Waals surface area contributed by atoms with Crippen LogP contribution in [0.1, 0.15) is 0 Å². The van der Waals surface area contributed by atoms with E-state index >= 15 is 0 Å². The van der Waals surface area contributed by atoms with Crippen molar-refractivity contribution in [3.63, 3.8) is 0 Å². The van der Waals surface area contributed by atoms with E-state index in [1.165, 1.54) is 6.33 Å². The van der Waals surface area contributed by atoms with Gasteiger partial charge in [-0.3, -0.25) is 0 Å². The van der Waals surface area contributed by atoms with Gasteiger partial charge in [0.15, 0.2) is 11.5 Å². The molecule has 0 saturated heterocycles. The molecular weight excluding hydrogens is 278 g/mol. The number of nitrogens with zero attached hydrogens (tertiary/aromatic N) is 4. The number of anilines is 1. The summed E-state index contributed by atoms with van der Waals surface area (Å²) in [6.45, 7) is 1.12. The van der Waals surface area contributed by atoms with E-state index in [4.69, 9.17) is 22.1 Å². The summed E-state index contributed by atoms with van der Waals surface area (Å²) >= 11 is 5.81. The van der Waals surface area contributed by atoms with Crippen LogP contribution < -0.4 is 10.5 Å². The van der Waals surface area contributed by atoms with E-state index in [1.807, 2.05) is 16.7 Å². The molecule has 3 aromatic rings. The van der Waals surface area contributed by atoms with Crippen LogP contribution >= 0.6 is 11.6 Å². The largest absolute Gasteiger partial charge is 0.492 e. The second-order valence-electron chi connectivity index (χ2n) is 4.17. The van der Waals surface area contributed by atoms with Crippen molar-refractivity contribution in [1.29, 1.82) is 0 Å². The van der Waals surface area contributed by atoms with E-state index in [0.29, 0.717) is 35.2 Å². The first-order valence-corrected chi connectivity index (χ1v) is 6.41. The van der Waals surface area contributed by atoms with Gasteiger partial charge in [-0.25, -0.2) is 15.0 Å². The first kappa shape index (κ1) is 12.7. The van der Waals surface area contributed by atoms with Crippen LogP contribution in [0, 0.1) is 0 Å². The molecule has 1 aromatic carbocycles. The minimum Gasteiger partial charge on any atom is -0.492 e. The van der Waals surface area contributed by atoms with E-state index in [1.54, 1.807) is 18.5 Å². The monoisotopic (exact) mass is 289 g/mol. The first-order valence-electron chi connectivity index (χ1n) is 6.04. The lowest BCUT2D eigenvalue weighted by molar-refractivity contribution is 0.300. The fourth-order valence-corrected chi connectivity index (χ4v) is 1.98. The minimum atomic E-state index is 0.382. The van der Waals surface area contributed by atoms with Crippen molar-refractivity contribution in [1.82, 2.24) is 19.5 Å². The van der Waals surface area contributed by atoms with Gasteiger partial charge in [-0.2, -0.15) is 0 Å². The molecule has 0 aliphatic carbocycles. The van der Waals surface area contributed by atoms with Gasteiger partial charge in [0.25, 0.3) is 0 Å². The summed E-state index contributed by atoms with van der Waals surface area (Å²) in [5.74, 6) is 1.15. The van der Waals surface area contributed by atoms with Crippen LogP contribution in [-0.4, -0.2) is 26.1 Å². The summed E-state index contributed by atoms with van der Waals surface area (Å²) in [6.07, 6.45) is 3.11. The number of hydrogen-bond donors (Lipinski definition) is 1. The highest BCUT2D eigenvalue weighted by molar-refractivity contribution is 6.30. The molecule has 0 radical (unpaired) electrons. The van der Waals surface area contributed by atoms with E-state index in [9.17, 15) is 0 Å². The molecule has 0 spiro atoms. The van der Waals surface area contributed by atoms with Gasteiger partial charge in [0, 0.05) is 5.02 Å². The van der Waals surface area contributed by atoms with Crippen LogP contribution in [0.3, 0.4) is 0 Å². The van der Waals surface area contributed by atoms with Crippen LogP contribution in [0.4, 0.5) is 5.82 Å². The highest BCUT2D eigenvalue weighted by atomic mass is 35.5. The standard InChI is InChI=1S/C13H12ClN5O/c14-9-1-3-10(4-2-9)20-6-5-19-8-18-11-12(15)16-7-17-13(11)19/h1-4,7-8H,5-6H2,(H2,15,16,17). The molecule has 2 N–H and O–H groups in total. The van der Waals surface area contributed by atoms with E-state index in [-0.39, 0.29) is 0 Å². The molecule has 0 aliphatic heterocycles. The Morgan fingerprint density at radius 3 is 2.75 bits per heavy atom. The summed E-state index contributed by atoms with van der Waals surface area (Å²) in [4.78, 5) is 12.3. The fourth-order valence-electron chi connectivity index (χ4n) is 1.86. The molecule has 0 amide bonds. The molecule has 0 aliphatic rings. The molecule has 3 rings (SSSR count). The highest BCUT2D eigenvalue weighted by Gasteiger charge is 2.07. The predicted molar refractivity (Wildman–Crippen MR) is 76.7 cm³/mol. The zero-order valence-corrected chi connectivity index (χ0v) is 11.3. The number of halogens is 1. The van der Waals surface area contributed by atoms with E-state index in [0.717, 1.165) is 5.75 Å². The van der Waals surface area contributed by atoms with Crippen molar-refractivity contribution in [3.8, 4) is 5.75 Å². The number of rotatable bonds is 4. The maximum absolute atomic E-state index is 5.81. The van der Waals surface area contributed by atoms with Gasteiger partial charge < -0.3 is 15.0 Å². The average molecular weight is 290 g/mol. The Morgan fingerprint density at radius 1 is 1.15 bits per heavy atom. The van der Waals surface area contributed by atoms with Gasteiger partial charge in [0.2, 0.25) is 0 Å². The first-order chi connectivity index (χ1) is 9.74. The maximum Gasteiger partial charge on any atom is 0.165 e. The van der Waals surface area contributed by atoms with Crippen LogP contribution in [-0.2, 0) is 6.54 Å². The van der Waals surface area contributed by atoms with E-state index in [2.05, 4.69) is 15.0 Å².